The van der Waals surface area contributed by atoms with Crippen molar-refractivity contribution in [1.82, 2.24) is 10.2 Å². The molecule has 0 atom stereocenters. The maximum atomic E-state index is 11.6. The monoisotopic (exact) mass is 258 g/mol. The molecule has 3 rings (SSSR count). The Morgan fingerprint density at radius 1 is 1.16 bits per heavy atom. The molecule has 2 saturated heterocycles. The number of carbonyl (C=O) groups excluding carboxylic acids is 1. The van der Waals surface area contributed by atoms with Gasteiger partial charge in [-0.2, -0.15) is 0 Å². The van der Waals surface area contributed by atoms with Crippen molar-refractivity contribution in [2.24, 2.45) is 0 Å². The SMILES string of the molecule is O=C1CCCN1Cc1ccc(C2CCNCC2)cc1. The smallest absolute Gasteiger partial charge is 0.222 e. The zero-order valence-electron chi connectivity index (χ0n) is 11.4. The Kier molecular flexibility index (Phi) is 3.83. The minimum Gasteiger partial charge on any atom is -0.338 e. The molecule has 1 aromatic carbocycles. The third kappa shape index (κ3) is 2.98. The molecule has 0 aliphatic carbocycles. The highest BCUT2D eigenvalue weighted by molar-refractivity contribution is 5.78. The summed E-state index contributed by atoms with van der Waals surface area (Å²) in [7, 11) is 0. The maximum Gasteiger partial charge on any atom is 0.222 e. The van der Waals surface area contributed by atoms with Crippen molar-refractivity contribution in [2.45, 2.75) is 38.1 Å². The summed E-state index contributed by atoms with van der Waals surface area (Å²) in [5.41, 5.74) is 2.71. The van der Waals surface area contributed by atoms with Crippen molar-refractivity contribution in [3.8, 4) is 0 Å². The van der Waals surface area contributed by atoms with Crippen LogP contribution in [0.2, 0.25) is 0 Å². The van der Waals surface area contributed by atoms with E-state index in [0.29, 0.717) is 11.8 Å². The van der Waals surface area contributed by atoms with Gasteiger partial charge in [0.2, 0.25) is 5.91 Å². The van der Waals surface area contributed by atoms with Crippen molar-refractivity contribution < 1.29 is 4.79 Å². The number of likely N-dealkylation sites (tertiary alicyclic amines) is 1. The number of carbonyl (C=O) groups is 1. The first-order valence-electron chi connectivity index (χ1n) is 7.40. The first-order chi connectivity index (χ1) is 9.33. The molecule has 0 saturated carbocycles. The van der Waals surface area contributed by atoms with Gasteiger partial charge in [0.25, 0.3) is 0 Å². The first kappa shape index (κ1) is 12.7. The molecular weight excluding hydrogens is 236 g/mol. The summed E-state index contributed by atoms with van der Waals surface area (Å²) in [5, 5.41) is 3.40. The molecule has 1 amide bonds. The molecule has 3 nitrogen and oxygen atoms in total. The molecule has 102 valence electrons. The summed E-state index contributed by atoms with van der Waals surface area (Å²) in [6.07, 6.45) is 4.23. The predicted molar refractivity (Wildman–Crippen MR) is 75.9 cm³/mol. The van der Waals surface area contributed by atoms with Gasteiger partial charge in [0, 0.05) is 19.5 Å². The van der Waals surface area contributed by atoms with Crippen molar-refractivity contribution in [3.05, 3.63) is 35.4 Å². The fourth-order valence-electron chi connectivity index (χ4n) is 3.14. The lowest BCUT2D eigenvalue weighted by atomic mass is 9.90. The molecule has 0 aromatic heterocycles. The number of hydrogen-bond donors (Lipinski definition) is 1. The number of benzene rings is 1. The van der Waals surface area contributed by atoms with Crippen LogP contribution < -0.4 is 5.32 Å². The lowest BCUT2D eigenvalue weighted by molar-refractivity contribution is -0.128. The highest BCUT2D eigenvalue weighted by Gasteiger charge is 2.20. The van der Waals surface area contributed by atoms with E-state index in [9.17, 15) is 4.79 Å². The summed E-state index contributed by atoms with van der Waals surface area (Å²) >= 11 is 0. The van der Waals surface area contributed by atoms with Gasteiger partial charge in [-0.3, -0.25) is 4.79 Å². The zero-order chi connectivity index (χ0) is 13.1. The van der Waals surface area contributed by atoms with Crippen LogP contribution >= 0.6 is 0 Å². The first-order valence-corrected chi connectivity index (χ1v) is 7.40. The van der Waals surface area contributed by atoms with E-state index < -0.39 is 0 Å². The molecule has 0 bridgehead atoms. The maximum absolute atomic E-state index is 11.6. The summed E-state index contributed by atoms with van der Waals surface area (Å²) in [6.45, 7) is 3.98. The van der Waals surface area contributed by atoms with Gasteiger partial charge in [-0.1, -0.05) is 24.3 Å². The zero-order valence-corrected chi connectivity index (χ0v) is 11.4. The van der Waals surface area contributed by atoms with E-state index in [4.69, 9.17) is 0 Å². The Hall–Kier alpha value is -1.35. The van der Waals surface area contributed by atoms with Crippen LogP contribution in [0, 0.1) is 0 Å². The van der Waals surface area contributed by atoms with Crippen molar-refractivity contribution >= 4 is 5.91 Å². The molecular formula is C16H22N2O. The number of nitrogens with one attached hydrogen (secondary N) is 1. The van der Waals surface area contributed by atoms with Crippen LogP contribution in [0.5, 0.6) is 0 Å². The van der Waals surface area contributed by atoms with Gasteiger partial charge in [-0.05, 0) is 49.4 Å². The largest absolute Gasteiger partial charge is 0.338 e. The standard InChI is InChI=1S/C16H22N2O/c19-16-2-1-11-18(16)12-13-3-5-14(6-4-13)15-7-9-17-10-8-15/h3-6,15,17H,1-2,7-12H2. The number of nitrogens with zero attached hydrogens (tertiary/aromatic N) is 1. The molecule has 3 heteroatoms. The van der Waals surface area contributed by atoms with E-state index in [2.05, 4.69) is 29.6 Å². The number of piperidine rings is 1. The van der Waals surface area contributed by atoms with Crippen LogP contribution in [-0.2, 0) is 11.3 Å². The van der Waals surface area contributed by atoms with Crippen LogP contribution in [0.25, 0.3) is 0 Å². The molecule has 2 fully saturated rings. The van der Waals surface area contributed by atoms with Gasteiger partial charge in [0.05, 0.1) is 0 Å². The molecule has 19 heavy (non-hydrogen) atoms. The van der Waals surface area contributed by atoms with Crippen molar-refractivity contribution in [2.75, 3.05) is 19.6 Å². The van der Waals surface area contributed by atoms with Gasteiger partial charge in [0.1, 0.15) is 0 Å². The second-order valence-corrected chi connectivity index (χ2v) is 5.68. The Morgan fingerprint density at radius 3 is 2.53 bits per heavy atom. The molecule has 2 aliphatic heterocycles. The van der Waals surface area contributed by atoms with Crippen molar-refractivity contribution in [1.29, 1.82) is 0 Å². The summed E-state index contributed by atoms with van der Waals surface area (Å²) < 4.78 is 0. The molecule has 0 radical (unpaired) electrons. The van der Waals surface area contributed by atoms with Gasteiger partial charge in [-0.15, -0.1) is 0 Å². The molecule has 1 N–H and O–H groups in total. The van der Waals surface area contributed by atoms with Crippen LogP contribution in [0.15, 0.2) is 24.3 Å². The molecule has 0 unspecified atom stereocenters. The lowest BCUT2D eigenvalue weighted by Gasteiger charge is -2.23. The number of rotatable bonds is 3. The quantitative estimate of drug-likeness (QED) is 0.902. The summed E-state index contributed by atoms with van der Waals surface area (Å²) in [5.74, 6) is 1.02. The summed E-state index contributed by atoms with van der Waals surface area (Å²) in [6, 6.07) is 8.91. The van der Waals surface area contributed by atoms with E-state index >= 15 is 0 Å². The highest BCUT2D eigenvalue weighted by Crippen LogP contribution is 2.25. The average Bonchev–Trinajstić information content (AvgIpc) is 2.86. The van der Waals surface area contributed by atoms with E-state index in [1.165, 1.54) is 24.0 Å². The minimum absolute atomic E-state index is 0.308. The van der Waals surface area contributed by atoms with Gasteiger partial charge >= 0.3 is 0 Å². The Bertz CT molecular complexity index is 435. The number of amides is 1. The van der Waals surface area contributed by atoms with Gasteiger partial charge in [0.15, 0.2) is 0 Å². The van der Waals surface area contributed by atoms with Crippen LogP contribution in [0.1, 0.15) is 42.7 Å². The predicted octanol–water partition coefficient (Wildman–Crippen LogP) is 2.28. The van der Waals surface area contributed by atoms with Crippen LogP contribution in [0.3, 0.4) is 0 Å². The second kappa shape index (κ2) is 5.74. The van der Waals surface area contributed by atoms with Gasteiger partial charge in [-0.25, -0.2) is 0 Å². The van der Waals surface area contributed by atoms with Gasteiger partial charge < -0.3 is 10.2 Å². The minimum atomic E-state index is 0.308. The summed E-state index contributed by atoms with van der Waals surface area (Å²) in [4.78, 5) is 13.6. The average molecular weight is 258 g/mol. The third-order valence-electron chi connectivity index (χ3n) is 4.34. The third-order valence-corrected chi connectivity index (χ3v) is 4.34. The van der Waals surface area contributed by atoms with Crippen LogP contribution in [-0.4, -0.2) is 30.4 Å². The lowest BCUT2D eigenvalue weighted by Crippen LogP contribution is -2.26. The topological polar surface area (TPSA) is 32.3 Å². The Labute approximate surface area is 115 Å². The highest BCUT2D eigenvalue weighted by atomic mass is 16.2. The molecule has 2 aliphatic rings. The van der Waals surface area contributed by atoms with Crippen LogP contribution in [0.4, 0.5) is 0 Å². The fourth-order valence-corrected chi connectivity index (χ4v) is 3.14. The van der Waals surface area contributed by atoms with E-state index in [-0.39, 0.29) is 0 Å². The van der Waals surface area contributed by atoms with E-state index in [1.54, 1.807) is 0 Å². The second-order valence-electron chi connectivity index (χ2n) is 5.68. The van der Waals surface area contributed by atoms with E-state index in [0.717, 1.165) is 39.0 Å². The molecule has 0 spiro atoms. The Morgan fingerprint density at radius 2 is 1.89 bits per heavy atom. The Balaban J connectivity index is 1.63. The normalized spacial score (nSPS) is 21.1. The molecule has 1 aromatic rings. The molecule has 2 heterocycles. The fraction of sp³-hybridized carbons (Fsp3) is 0.562. The van der Waals surface area contributed by atoms with Crippen molar-refractivity contribution in [3.63, 3.8) is 0 Å². The number of hydrogen-bond acceptors (Lipinski definition) is 2. The van der Waals surface area contributed by atoms with E-state index in [1.807, 2.05) is 4.90 Å².